The predicted molar refractivity (Wildman–Crippen MR) is 105 cm³/mol. The van der Waals surface area contributed by atoms with Gasteiger partial charge in [0.25, 0.3) is 5.91 Å². The highest BCUT2D eigenvalue weighted by molar-refractivity contribution is 7.18. The normalized spacial score (nSPS) is 10.8. The van der Waals surface area contributed by atoms with E-state index < -0.39 is 5.91 Å². The van der Waals surface area contributed by atoms with E-state index in [4.69, 9.17) is 55.9 Å². The highest BCUT2D eigenvalue weighted by Crippen LogP contribution is 2.50. The maximum Gasteiger partial charge on any atom is 0.258 e. The van der Waals surface area contributed by atoms with E-state index in [0.717, 1.165) is 0 Å². The number of ether oxygens (including phenoxy) is 2. The van der Waals surface area contributed by atoms with Gasteiger partial charge in [-0.1, -0.05) is 46.4 Å². The Morgan fingerprint density at radius 2 is 1.65 bits per heavy atom. The molecule has 0 unspecified atom stereocenters. The number of nitrogens with zero attached hydrogens (tertiary/aromatic N) is 2. The Balaban J connectivity index is 2.08. The first-order chi connectivity index (χ1) is 12.4. The molecular formula is C15H9Cl4N3O3S. The lowest BCUT2D eigenvalue weighted by Gasteiger charge is -2.17. The molecule has 0 fully saturated rings. The number of thiophene rings is 1. The maximum absolute atomic E-state index is 12.7. The van der Waals surface area contributed by atoms with Crippen molar-refractivity contribution in [3.63, 3.8) is 0 Å². The number of hydrogen-bond acceptors (Lipinski definition) is 6. The number of carbonyl (C=O) groups excluding carboxylic acids is 1. The van der Waals surface area contributed by atoms with Crippen LogP contribution in [0.1, 0.15) is 10.4 Å². The topological polar surface area (TPSA) is 73.3 Å². The first kappa shape index (κ1) is 19.3. The lowest BCUT2D eigenvalue weighted by atomic mass is 10.2. The number of amides is 1. The Kier molecular flexibility index (Phi) is 5.64. The Morgan fingerprint density at radius 3 is 2.23 bits per heavy atom. The minimum atomic E-state index is -0.485. The molecule has 0 radical (unpaired) electrons. The summed E-state index contributed by atoms with van der Waals surface area (Å²) in [6.45, 7) is 0. The molecule has 2 aromatic heterocycles. The van der Waals surface area contributed by atoms with Crippen molar-refractivity contribution in [1.82, 2.24) is 9.97 Å². The van der Waals surface area contributed by atoms with E-state index in [1.807, 2.05) is 0 Å². The first-order valence-corrected chi connectivity index (χ1v) is 9.27. The zero-order valence-corrected chi connectivity index (χ0v) is 17.0. The number of hydrogen-bond donors (Lipinski definition) is 1. The summed E-state index contributed by atoms with van der Waals surface area (Å²) in [5, 5.41) is 4.73. The van der Waals surface area contributed by atoms with Gasteiger partial charge >= 0.3 is 0 Å². The summed E-state index contributed by atoms with van der Waals surface area (Å²) in [6, 6.07) is 0. The molecule has 3 rings (SSSR count). The molecule has 0 atom stereocenters. The molecule has 0 bridgehead atoms. The number of methoxy groups -OCH3 is 2. The van der Waals surface area contributed by atoms with Crippen LogP contribution >= 0.6 is 57.7 Å². The number of carbonyl (C=O) groups is 1. The third kappa shape index (κ3) is 3.14. The fourth-order valence-corrected chi connectivity index (χ4v) is 4.51. The highest BCUT2D eigenvalue weighted by atomic mass is 35.5. The summed E-state index contributed by atoms with van der Waals surface area (Å²) >= 11 is 26.0. The van der Waals surface area contributed by atoms with Crippen molar-refractivity contribution in [3.05, 3.63) is 37.5 Å². The van der Waals surface area contributed by atoms with Crippen LogP contribution in [0, 0.1) is 0 Å². The molecule has 2 heterocycles. The third-order valence-electron chi connectivity index (χ3n) is 3.44. The Bertz CT molecular complexity index is 994. The van der Waals surface area contributed by atoms with Gasteiger partial charge in [0, 0.05) is 5.38 Å². The quantitative estimate of drug-likeness (QED) is 0.523. The van der Waals surface area contributed by atoms with Gasteiger partial charge in [0.2, 0.25) is 0 Å². The maximum atomic E-state index is 12.7. The van der Waals surface area contributed by atoms with Crippen molar-refractivity contribution < 1.29 is 14.3 Å². The van der Waals surface area contributed by atoms with E-state index >= 15 is 0 Å². The average molecular weight is 453 g/mol. The summed E-state index contributed by atoms with van der Waals surface area (Å²) in [6.07, 6.45) is 1.28. The van der Waals surface area contributed by atoms with Crippen molar-refractivity contribution in [2.75, 3.05) is 19.5 Å². The summed E-state index contributed by atoms with van der Waals surface area (Å²) in [7, 11) is 2.77. The first-order valence-electron chi connectivity index (χ1n) is 6.88. The van der Waals surface area contributed by atoms with Gasteiger partial charge < -0.3 is 14.8 Å². The van der Waals surface area contributed by atoms with E-state index in [1.54, 1.807) is 5.38 Å². The zero-order valence-electron chi connectivity index (χ0n) is 13.2. The number of halogens is 4. The Morgan fingerprint density at radius 1 is 1.04 bits per heavy atom. The molecule has 136 valence electrons. The number of benzene rings is 1. The van der Waals surface area contributed by atoms with Gasteiger partial charge in [-0.05, 0) is 0 Å². The van der Waals surface area contributed by atoms with Gasteiger partial charge in [-0.2, -0.15) is 0 Å². The smallest absolute Gasteiger partial charge is 0.258 e. The number of fused-ring (bicyclic) bond motifs is 1. The fraction of sp³-hybridized carbons (Fsp3) is 0.133. The van der Waals surface area contributed by atoms with Crippen LogP contribution in [0.3, 0.4) is 0 Å². The number of aromatic nitrogens is 2. The van der Waals surface area contributed by atoms with E-state index in [2.05, 4.69) is 15.3 Å². The van der Waals surface area contributed by atoms with Gasteiger partial charge in [0.15, 0.2) is 11.5 Å². The minimum Gasteiger partial charge on any atom is -0.493 e. The van der Waals surface area contributed by atoms with Crippen LogP contribution in [-0.4, -0.2) is 30.1 Å². The van der Waals surface area contributed by atoms with Crippen LogP contribution in [0.4, 0.5) is 5.69 Å². The van der Waals surface area contributed by atoms with E-state index in [0.29, 0.717) is 15.8 Å². The standard InChI is InChI=1S/C15H9Cl4N3O3S/c1-24-11-6(16)10(7(17)12(25-2)8(11)18)22-15(23)5-3-26-13-9(5)20-4-21-14(13)19/h3-4H,1-2H3,(H,22,23). The fourth-order valence-electron chi connectivity index (χ4n) is 2.25. The van der Waals surface area contributed by atoms with Crippen molar-refractivity contribution in [3.8, 4) is 11.5 Å². The van der Waals surface area contributed by atoms with Crippen molar-refractivity contribution in [1.29, 1.82) is 0 Å². The van der Waals surface area contributed by atoms with Gasteiger partial charge in [-0.3, -0.25) is 4.79 Å². The minimum absolute atomic E-state index is 0.0452. The molecule has 0 saturated carbocycles. The highest BCUT2D eigenvalue weighted by Gasteiger charge is 2.25. The van der Waals surface area contributed by atoms with Gasteiger partial charge in [-0.15, -0.1) is 11.3 Å². The van der Waals surface area contributed by atoms with Crippen molar-refractivity contribution in [2.45, 2.75) is 0 Å². The van der Waals surface area contributed by atoms with Crippen LogP contribution < -0.4 is 14.8 Å². The molecule has 1 aromatic carbocycles. The molecule has 1 amide bonds. The molecule has 0 aliphatic rings. The second-order valence-corrected chi connectivity index (χ2v) is 7.20. The summed E-state index contributed by atoms with van der Waals surface area (Å²) in [5.41, 5.74) is 0.831. The van der Waals surface area contributed by atoms with Crippen LogP contribution in [-0.2, 0) is 0 Å². The van der Waals surface area contributed by atoms with Crippen LogP contribution in [0.25, 0.3) is 10.2 Å². The van der Waals surface area contributed by atoms with Crippen LogP contribution in [0.15, 0.2) is 11.7 Å². The molecule has 0 saturated heterocycles. The van der Waals surface area contributed by atoms with Crippen molar-refractivity contribution >= 4 is 79.6 Å². The van der Waals surface area contributed by atoms with E-state index in [1.165, 1.54) is 31.9 Å². The van der Waals surface area contributed by atoms with Gasteiger partial charge in [0.1, 0.15) is 26.5 Å². The van der Waals surface area contributed by atoms with Crippen molar-refractivity contribution in [2.24, 2.45) is 0 Å². The SMILES string of the molecule is COc1c(Cl)c(NC(=O)c2csc3c(Cl)ncnc23)c(Cl)c(OC)c1Cl. The van der Waals surface area contributed by atoms with E-state index in [9.17, 15) is 4.79 Å². The lowest BCUT2D eigenvalue weighted by Crippen LogP contribution is -2.13. The number of anilines is 1. The number of rotatable bonds is 4. The van der Waals surface area contributed by atoms with Crippen LogP contribution in [0.2, 0.25) is 20.2 Å². The molecule has 3 aromatic rings. The predicted octanol–water partition coefficient (Wildman–Crippen LogP) is 5.57. The monoisotopic (exact) mass is 451 g/mol. The number of nitrogens with one attached hydrogen (secondary N) is 1. The second-order valence-electron chi connectivity index (χ2n) is 4.83. The summed E-state index contributed by atoms with van der Waals surface area (Å²) in [4.78, 5) is 20.7. The lowest BCUT2D eigenvalue weighted by molar-refractivity contribution is 0.102. The largest absolute Gasteiger partial charge is 0.493 e. The molecule has 0 spiro atoms. The van der Waals surface area contributed by atoms with Gasteiger partial charge in [-0.25, -0.2) is 9.97 Å². The molecule has 0 aliphatic carbocycles. The Hall–Kier alpha value is -1.51. The zero-order chi connectivity index (χ0) is 19.0. The summed E-state index contributed by atoms with van der Waals surface area (Å²) in [5.74, 6) is -0.225. The molecule has 11 heteroatoms. The molecule has 6 nitrogen and oxygen atoms in total. The van der Waals surface area contributed by atoms with E-state index in [-0.39, 0.29) is 37.4 Å². The molecule has 0 aliphatic heterocycles. The second kappa shape index (κ2) is 7.62. The molecule has 1 N–H and O–H groups in total. The molecule has 26 heavy (non-hydrogen) atoms. The van der Waals surface area contributed by atoms with Crippen LogP contribution in [0.5, 0.6) is 11.5 Å². The Labute approximate surface area is 171 Å². The third-order valence-corrected chi connectivity index (χ3v) is 5.88. The summed E-state index contributed by atoms with van der Waals surface area (Å²) < 4.78 is 11.0. The molecular weight excluding hydrogens is 444 g/mol. The van der Waals surface area contributed by atoms with Gasteiger partial charge in [0.05, 0.1) is 35.7 Å². The average Bonchev–Trinajstić information content (AvgIpc) is 3.05.